The summed E-state index contributed by atoms with van der Waals surface area (Å²) in [5, 5.41) is 0. The molecule has 3 atom stereocenters. The Kier molecular flexibility index (Phi) is 5.27. The van der Waals surface area contributed by atoms with Gasteiger partial charge in [-0.1, -0.05) is 42.8 Å². The van der Waals surface area contributed by atoms with E-state index in [-0.39, 0.29) is 17.5 Å². The summed E-state index contributed by atoms with van der Waals surface area (Å²) >= 11 is 0. The van der Waals surface area contributed by atoms with Crippen LogP contribution in [0.15, 0.2) is 35.9 Å². The monoisotopic (exact) mass is 338 g/mol. The summed E-state index contributed by atoms with van der Waals surface area (Å²) in [5.41, 5.74) is 3.02. The van der Waals surface area contributed by atoms with Crippen LogP contribution in [0, 0.1) is 11.3 Å². The Morgan fingerprint density at radius 1 is 1.24 bits per heavy atom. The van der Waals surface area contributed by atoms with Gasteiger partial charge >= 0.3 is 0 Å². The van der Waals surface area contributed by atoms with Crippen molar-refractivity contribution in [3.8, 4) is 0 Å². The van der Waals surface area contributed by atoms with Crippen molar-refractivity contribution in [2.45, 2.75) is 71.6 Å². The molecule has 3 rings (SSSR count). The number of ketones is 2. The average Bonchev–Trinajstić information content (AvgIpc) is 2.57. The van der Waals surface area contributed by atoms with Crippen LogP contribution in [0.1, 0.15) is 76.3 Å². The number of hydrogen-bond donors (Lipinski definition) is 0. The standard InChI is InChI=1S/C23H30O2/c1-16(2)7-6-8-17(3)13-14-23-15-18-9-4-5-10-19(18)20(22(23)25)11-12-21(23)24/h4-5,7,9-10,17,20H,6,8,11-15H2,1-3H3/t17-,20-,23-/m0/s1. The third-order valence-corrected chi connectivity index (χ3v) is 6.18. The predicted molar refractivity (Wildman–Crippen MR) is 102 cm³/mol. The fourth-order valence-electron chi connectivity index (χ4n) is 4.60. The van der Waals surface area contributed by atoms with Gasteiger partial charge in [-0.15, -0.1) is 0 Å². The third-order valence-electron chi connectivity index (χ3n) is 6.18. The van der Waals surface area contributed by atoms with Crippen LogP contribution >= 0.6 is 0 Å². The zero-order chi connectivity index (χ0) is 18.0. The van der Waals surface area contributed by atoms with E-state index in [4.69, 9.17) is 0 Å². The third kappa shape index (κ3) is 3.49. The predicted octanol–water partition coefficient (Wildman–Crippen LogP) is 5.41. The number of carbonyl (C=O) groups is 2. The van der Waals surface area contributed by atoms with Crippen LogP contribution in [0.5, 0.6) is 0 Å². The van der Waals surface area contributed by atoms with Gasteiger partial charge in [0, 0.05) is 12.3 Å². The SMILES string of the molecule is CC(C)=CCC[C@H](C)CC[C@]12Cc3ccccc3[C@H](CCC1=O)C2=O. The van der Waals surface area contributed by atoms with Crippen LogP contribution in [0.25, 0.3) is 0 Å². The van der Waals surface area contributed by atoms with Crippen LogP contribution < -0.4 is 0 Å². The Morgan fingerprint density at radius 2 is 2.00 bits per heavy atom. The van der Waals surface area contributed by atoms with Crippen molar-refractivity contribution in [3.05, 3.63) is 47.0 Å². The average molecular weight is 338 g/mol. The number of benzene rings is 1. The molecule has 25 heavy (non-hydrogen) atoms. The summed E-state index contributed by atoms with van der Waals surface area (Å²) in [7, 11) is 0. The van der Waals surface area contributed by atoms with Crippen LogP contribution in [0.4, 0.5) is 0 Å². The highest BCUT2D eigenvalue weighted by Gasteiger charge is 2.53. The molecule has 1 aromatic carbocycles. The molecule has 0 unspecified atom stereocenters. The second-order valence-corrected chi connectivity index (χ2v) is 8.34. The van der Waals surface area contributed by atoms with Gasteiger partial charge < -0.3 is 0 Å². The van der Waals surface area contributed by atoms with Crippen molar-refractivity contribution in [3.63, 3.8) is 0 Å². The maximum Gasteiger partial charge on any atom is 0.154 e. The molecule has 0 radical (unpaired) electrons. The van der Waals surface area contributed by atoms with E-state index in [2.05, 4.69) is 39.0 Å². The second-order valence-electron chi connectivity index (χ2n) is 8.34. The molecule has 2 aliphatic rings. The summed E-state index contributed by atoms with van der Waals surface area (Å²) in [6.45, 7) is 6.51. The van der Waals surface area contributed by atoms with Crippen molar-refractivity contribution >= 4 is 11.6 Å². The van der Waals surface area contributed by atoms with E-state index in [0.29, 0.717) is 25.2 Å². The molecule has 0 aliphatic heterocycles. The van der Waals surface area contributed by atoms with Crippen LogP contribution in [0.3, 0.4) is 0 Å². The van der Waals surface area contributed by atoms with Crippen molar-refractivity contribution < 1.29 is 9.59 Å². The topological polar surface area (TPSA) is 34.1 Å². The minimum Gasteiger partial charge on any atom is -0.299 e. The first-order valence-electron chi connectivity index (χ1n) is 9.73. The molecular weight excluding hydrogens is 308 g/mol. The Bertz CT molecular complexity index is 696. The Hall–Kier alpha value is -1.70. The number of hydrogen-bond acceptors (Lipinski definition) is 2. The molecule has 134 valence electrons. The van der Waals surface area contributed by atoms with Gasteiger partial charge in [0.1, 0.15) is 5.78 Å². The summed E-state index contributed by atoms with van der Waals surface area (Å²) in [4.78, 5) is 26.0. The van der Waals surface area contributed by atoms with E-state index >= 15 is 0 Å². The number of carbonyl (C=O) groups excluding carboxylic acids is 2. The maximum atomic E-state index is 13.2. The van der Waals surface area contributed by atoms with Gasteiger partial charge in [0.05, 0.1) is 5.41 Å². The second kappa shape index (κ2) is 7.27. The molecule has 2 heteroatoms. The molecule has 2 bridgehead atoms. The van der Waals surface area contributed by atoms with Crippen LogP contribution in [-0.2, 0) is 16.0 Å². The van der Waals surface area contributed by atoms with E-state index in [1.165, 1.54) is 16.7 Å². The minimum atomic E-state index is -0.734. The highest BCUT2D eigenvalue weighted by atomic mass is 16.2. The van der Waals surface area contributed by atoms with Gasteiger partial charge in [-0.25, -0.2) is 0 Å². The van der Waals surface area contributed by atoms with E-state index in [1.807, 2.05) is 12.1 Å². The molecule has 0 amide bonds. The van der Waals surface area contributed by atoms with E-state index in [9.17, 15) is 9.59 Å². The molecule has 0 spiro atoms. The van der Waals surface area contributed by atoms with Gasteiger partial charge in [0.2, 0.25) is 0 Å². The first-order valence-corrected chi connectivity index (χ1v) is 9.73. The normalized spacial score (nSPS) is 26.1. The molecule has 2 nitrogen and oxygen atoms in total. The highest BCUT2D eigenvalue weighted by Crippen LogP contribution is 2.49. The van der Waals surface area contributed by atoms with Crippen molar-refractivity contribution in [2.24, 2.45) is 11.3 Å². The lowest BCUT2D eigenvalue weighted by molar-refractivity contribution is -0.147. The first kappa shape index (κ1) is 18.1. The minimum absolute atomic E-state index is 0.0522. The molecule has 0 saturated heterocycles. The van der Waals surface area contributed by atoms with E-state index in [1.54, 1.807) is 0 Å². The zero-order valence-corrected chi connectivity index (χ0v) is 15.8. The molecule has 1 saturated carbocycles. The molecule has 0 aromatic heterocycles. The zero-order valence-electron chi connectivity index (χ0n) is 15.8. The van der Waals surface area contributed by atoms with E-state index < -0.39 is 5.41 Å². The lowest BCUT2D eigenvalue weighted by Crippen LogP contribution is -2.50. The van der Waals surface area contributed by atoms with E-state index in [0.717, 1.165) is 25.7 Å². The Balaban J connectivity index is 1.75. The molecular formula is C23H30O2. The van der Waals surface area contributed by atoms with Gasteiger partial charge in [0.15, 0.2) is 5.78 Å². The Morgan fingerprint density at radius 3 is 2.76 bits per heavy atom. The number of Topliss-reactive ketones (excluding diaryl/α,β-unsaturated/α-hetero) is 2. The fraction of sp³-hybridized carbons (Fsp3) is 0.565. The van der Waals surface area contributed by atoms with Gasteiger partial charge in [-0.05, 0) is 69.4 Å². The molecule has 1 aromatic rings. The largest absolute Gasteiger partial charge is 0.299 e. The quantitative estimate of drug-likeness (QED) is 0.513. The molecule has 2 aliphatic carbocycles. The fourth-order valence-corrected chi connectivity index (χ4v) is 4.60. The van der Waals surface area contributed by atoms with Crippen molar-refractivity contribution in [1.82, 2.24) is 0 Å². The van der Waals surface area contributed by atoms with Gasteiger partial charge in [-0.3, -0.25) is 9.59 Å². The summed E-state index contributed by atoms with van der Waals surface area (Å²) in [6, 6.07) is 8.24. The molecule has 0 N–H and O–H groups in total. The smallest absolute Gasteiger partial charge is 0.154 e. The van der Waals surface area contributed by atoms with Gasteiger partial charge in [0.25, 0.3) is 0 Å². The summed E-state index contributed by atoms with van der Waals surface area (Å²) < 4.78 is 0. The molecule has 1 fully saturated rings. The maximum absolute atomic E-state index is 13.2. The van der Waals surface area contributed by atoms with Crippen molar-refractivity contribution in [1.29, 1.82) is 0 Å². The summed E-state index contributed by atoms with van der Waals surface area (Å²) in [6.07, 6.45) is 8.07. The first-order chi connectivity index (χ1) is 11.9. The Labute approximate surface area is 151 Å². The van der Waals surface area contributed by atoms with Crippen LogP contribution in [0.2, 0.25) is 0 Å². The lowest BCUT2D eigenvalue weighted by Gasteiger charge is -2.43. The summed E-state index contributed by atoms with van der Waals surface area (Å²) in [5.74, 6) is 0.894. The van der Waals surface area contributed by atoms with Crippen LogP contribution in [-0.4, -0.2) is 11.6 Å². The lowest BCUT2D eigenvalue weighted by atomic mass is 9.56. The van der Waals surface area contributed by atoms with Crippen molar-refractivity contribution in [2.75, 3.05) is 0 Å². The molecule has 0 heterocycles. The number of fused-ring (bicyclic) bond motifs is 4. The number of allylic oxidation sites excluding steroid dienone is 2. The highest BCUT2D eigenvalue weighted by molar-refractivity contribution is 6.13. The number of rotatable bonds is 6. The van der Waals surface area contributed by atoms with Gasteiger partial charge in [-0.2, -0.15) is 0 Å².